The molecular formula is C17H23N3. The molecule has 1 aliphatic rings. The predicted molar refractivity (Wildman–Crippen MR) is 86.0 cm³/mol. The normalized spacial score (nSPS) is 20.1. The summed E-state index contributed by atoms with van der Waals surface area (Å²) in [4.78, 5) is 6.88. The van der Waals surface area contributed by atoms with Crippen LogP contribution in [0.3, 0.4) is 0 Å². The lowest BCUT2D eigenvalue weighted by Gasteiger charge is -2.32. The summed E-state index contributed by atoms with van der Waals surface area (Å²) in [7, 11) is 0. The number of anilines is 2. The molecule has 0 amide bonds. The molecule has 2 heterocycles. The molecule has 3 rings (SSSR count). The van der Waals surface area contributed by atoms with Gasteiger partial charge in [-0.25, -0.2) is 0 Å². The number of nitrogens with two attached hydrogens (primary N) is 1. The van der Waals surface area contributed by atoms with Gasteiger partial charge in [0.2, 0.25) is 0 Å². The van der Waals surface area contributed by atoms with Gasteiger partial charge in [-0.1, -0.05) is 19.8 Å². The van der Waals surface area contributed by atoms with Gasteiger partial charge < -0.3 is 10.6 Å². The van der Waals surface area contributed by atoms with Crippen molar-refractivity contribution in [2.24, 2.45) is 0 Å². The molecule has 2 aromatic rings. The monoisotopic (exact) mass is 269 g/mol. The highest BCUT2D eigenvalue weighted by Gasteiger charge is 2.21. The van der Waals surface area contributed by atoms with Gasteiger partial charge >= 0.3 is 0 Å². The summed E-state index contributed by atoms with van der Waals surface area (Å²) >= 11 is 0. The van der Waals surface area contributed by atoms with Crippen molar-refractivity contribution >= 4 is 22.1 Å². The number of aromatic nitrogens is 1. The molecule has 0 saturated carbocycles. The second-order valence-corrected chi connectivity index (χ2v) is 5.70. The summed E-state index contributed by atoms with van der Waals surface area (Å²) in [5, 5.41) is 2.31. The quantitative estimate of drug-likeness (QED) is 0.839. The lowest BCUT2D eigenvalue weighted by Crippen LogP contribution is -2.34. The highest BCUT2D eigenvalue weighted by molar-refractivity contribution is 6.00. The van der Waals surface area contributed by atoms with Gasteiger partial charge in [0.15, 0.2) is 0 Å². The topological polar surface area (TPSA) is 42.1 Å². The lowest BCUT2D eigenvalue weighted by molar-refractivity contribution is 0.557. The molecule has 1 aliphatic heterocycles. The highest BCUT2D eigenvalue weighted by Crippen LogP contribution is 2.34. The van der Waals surface area contributed by atoms with Crippen LogP contribution in [0.2, 0.25) is 0 Å². The van der Waals surface area contributed by atoms with E-state index in [2.05, 4.69) is 22.9 Å². The van der Waals surface area contributed by atoms with E-state index in [4.69, 9.17) is 5.73 Å². The minimum Gasteiger partial charge on any atom is -0.398 e. The molecule has 1 fully saturated rings. The Bertz CT molecular complexity index is 594. The molecule has 0 aliphatic carbocycles. The zero-order valence-corrected chi connectivity index (χ0v) is 12.2. The van der Waals surface area contributed by atoms with Crippen LogP contribution in [0, 0.1) is 0 Å². The summed E-state index contributed by atoms with van der Waals surface area (Å²) in [6, 6.07) is 6.87. The number of fused-ring (bicyclic) bond motifs is 1. The van der Waals surface area contributed by atoms with Gasteiger partial charge in [-0.15, -0.1) is 0 Å². The second kappa shape index (κ2) is 5.70. The number of nitrogens with zero attached hydrogens (tertiary/aromatic N) is 2. The average Bonchev–Trinajstić information content (AvgIpc) is 2.73. The van der Waals surface area contributed by atoms with E-state index in [0.29, 0.717) is 6.04 Å². The molecule has 1 aromatic heterocycles. The zero-order valence-electron chi connectivity index (χ0n) is 12.2. The van der Waals surface area contributed by atoms with E-state index in [1.54, 1.807) is 0 Å². The standard InChI is InChI=1S/C17H23N3/c1-2-13-6-4-3-5-11-20(13)17-8-7-16(18)14-9-10-19-12-15(14)17/h7-10,12-13H,2-6,11,18H2,1H3. The number of pyridine rings is 1. The van der Waals surface area contributed by atoms with Crippen LogP contribution < -0.4 is 10.6 Å². The summed E-state index contributed by atoms with van der Waals surface area (Å²) < 4.78 is 0. The van der Waals surface area contributed by atoms with Crippen molar-refractivity contribution in [3.05, 3.63) is 30.6 Å². The Hall–Kier alpha value is -1.77. The van der Waals surface area contributed by atoms with E-state index in [0.717, 1.165) is 17.6 Å². The maximum Gasteiger partial charge on any atom is 0.0465 e. The Morgan fingerprint density at radius 3 is 2.95 bits per heavy atom. The van der Waals surface area contributed by atoms with Crippen molar-refractivity contribution in [3.8, 4) is 0 Å². The Balaban J connectivity index is 2.10. The predicted octanol–water partition coefficient (Wildman–Crippen LogP) is 3.98. The summed E-state index contributed by atoms with van der Waals surface area (Å²) in [6.45, 7) is 3.44. The lowest BCUT2D eigenvalue weighted by atomic mass is 10.0. The molecule has 1 atom stereocenters. The molecule has 2 N–H and O–H groups in total. The molecule has 20 heavy (non-hydrogen) atoms. The first-order chi connectivity index (χ1) is 9.81. The van der Waals surface area contributed by atoms with Crippen LogP contribution in [0.4, 0.5) is 11.4 Å². The fourth-order valence-corrected chi connectivity index (χ4v) is 3.37. The van der Waals surface area contributed by atoms with Gasteiger partial charge in [-0.05, 0) is 37.5 Å². The first kappa shape index (κ1) is 13.2. The van der Waals surface area contributed by atoms with E-state index in [-0.39, 0.29) is 0 Å². The Labute approximate surface area is 120 Å². The largest absolute Gasteiger partial charge is 0.398 e. The van der Waals surface area contributed by atoms with E-state index >= 15 is 0 Å². The van der Waals surface area contributed by atoms with Crippen molar-refractivity contribution in [2.75, 3.05) is 17.2 Å². The molecular weight excluding hydrogens is 246 g/mol. The summed E-state index contributed by atoms with van der Waals surface area (Å²) in [6.07, 6.45) is 10.2. The van der Waals surface area contributed by atoms with Crippen LogP contribution in [-0.4, -0.2) is 17.6 Å². The van der Waals surface area contributed by atoms with Gasteiger partial charge in [0, 0.05) is 47.1 Å². The van der Waals surface area contributed by atoms with Gasteiger partial charge in [0.05, 0.1) is 0 Å². The fraction of sp³-hybridized carbons (Fsp3) is 0.471. The fourth-order valence-electron chi connectivity index (χ4n) is 3.37. The van der Waals surface area contributed by atoms with E-state index in [1.165, 1.54) is 43.2 Å². The maximum absolute atomic E-state index is 6.11. The number of hydrogen-bond acceptors (Lipinski definition) is 3. The Morgan fingerprint density at radius 1 is 1.20 bits per heavy atom. The minimum absolute atomic E-state index is 0.643. The average molecular weight is 269 g/mol. The second-order valence-electron chi connectivity index (χ2n) is 5.70. The maximum atomic E-state index is 6.11. The van der Waals surface area contributed by atoms with E-state index < -0.39 is 0 Å². The highest BCUT2D eigenvalue weighted by atomic mass is 15.2. The smallest absolute Gasteiger partial charge is 0.0465 e. The molecule has 3 heteroatoms. The van der Waals surface area contributed by atoms with Crippen molar-refractivity contribution < 1.29 is 0 Å². The minimum atomic E-state index is 0.643. The number of hydrogen-bond donors (Lipinski definition) is 1. The van der Waals surface area contributed by atoms with Crippen molar-refractivity contribution in [2.45, 2.75) is 45.1 Å². The molecule has 3 nitrogen and oxygen atoms in total. The van der Waals surface area contributed by atoms with Gasteiger partial charge in [0.1, 0.15) is 0 Å². The SMILES string of the molecule is CCC1CCCCCN1c1ccc(N)c2ccncc12. The molecule has 0 bridgehead atoms. The first-order valence-corrected chi connectivity index (χ1v) is 7.70. The van der Waals surface area contributed by atoms with Crippen molar-refractivity contribution in [1.82, 2.24) is 4.98 Å². The number of nitrogen functional groups attached to an aromatic ring is 1. The van der Waals surface area contributed by atoms with Crippen LogP contribution in [0.1, 0.15) is 39.0 Å². The van der Waals surface area contributed by atoms with E-state index in [9.17, 15) is 0 Å². The van der Waals surface area contributed by atoms with Crippen molar-refractivity contribution in [1.29, 1.82) is 0 Å². The third-order valence-electron chi connectivity index (χ3n) is 4.49. The summed E-state index contributed by atoms with van der Waals surface area (Å²) in [5.74, 6) is 0. The Morgan fingerprint density at radius 2 is 2.10 bits per heavy atom. The van der Waals surface area contributed by atoms with Crippen LogP contribution in [0.25, 0.3) is 10.8 Å². The van der Waals surface area contributed by atoms with Crippen molar-refractivity contribution in [3.63, 3.8) is 0 Å². The van der Waals surface area contributed by atoms with Gasteiger partial charge in [-0.2, -0.15) is 0 Å². The molecule has 1 unspecified atom stereocenters. The molecule has 1 aromatic carbocycles. The van der Waals surface area contributed by atoms with Gasteiger partial charge in [-0.3, -0.25) is 4.98 Å². The van der Waals surface area contributed by atoms with Crippen LogP contribution >= 0.6 is 0 Å². The number of rotatable bonds is 2. The van der Waals surface area contributed by atoms with Crippen LogP contribution in [-0.2, 0) is 0 Å². The van der Waals surface area contributed by atoms with Crippen LogP contribution in [0.15, 0.2) is 30.6 Å². The zero-order chi connectivity index (χ0) is 13.9. The molecule has 0 radical (unpaired) electrons. The van der Waals surface area contributed by atoms with Gasteiger partial charge in [0.25, 0.3) is 0 Å². The van der Waals surface area contributed by atoms with E-state index in [1.807, 2.05) is 24.5 Å². The Kier molecular flexibility index (Phi) is 3.77. The van der Waals surface area contributed by atoms with Crippen LogP contribution in [0.5, 0.6) is 0 Å². The number of benzene rings is 1. The molecule has 0 spiro atoms. The third-order valence-corrected chi connectivity index (χ3v) is 4.49. The molecule has 106 valence electrons. The molecule has 1 saturated heterocycles. The third kappa shape index (κ3) is 2.33. The summed E-state index contributed by atoms with van der Waals surface area (Å²) in [5.41, 5.74) is 8.25. The first-order valence-electron chi connectivity index (χ1n) is 7.70.